The summed E-state index contributed by atoms with van der Waals surface area (Å²) in [7, 11) is 0. The lowest BCUT2D eigenvalue weighted by Crippen LogP contribution is -2.29. The van der Waals surface area contributed by atoms with Gasteiger partial charge in [-0.2, -0.15) is 0 Å². The molecular formula is C16H19N5O2S. The van der Waals surface area contributed by atoms with Gasteiger partial charge in [-0.25, -0.2) is 9.97 Å². The quantitative estimate of drug-likeness (QED) is 0.770. The Morgan fingerprint density at radius 1 is 1.46 bits per heavy atom. The van der Waals surface area contributed by atoms with E-state index < -0.39 is 0 Å². The minimum absolute atomic E-state index is 0.147. The highest BCUT2D eigenvalue weighted by Crippen LogP contribution is 2.23. The summed E-state index contributed by atoms with van der Waals surface area (Å²) in [5.74, 6) is 0.634. The van der Waals surface area contributed by atoms with Crippen LogP contribution in [0.5, 0.6) is 0 Å². The molecule has 0 aliphatic carbocycles. The zero-order valence-corrected chi connectivity index (χ0v) is 14.4. The fourth-order valence-electron chi connectivity index (χ4n) is 2.29. The number of hydrogen-bond acceptors (Lipinski definition) is 6. The Morgan fingerprint density at radius 2 is 2.29 bits per heavy atom. The van der Waals surface area contributed by atoms with E-state index in [0.29, 0.717) is 36.0 Å². The van der Waals surface area contributed by atoms with Gasteiger partial charge in [0.05, 0.1) is 28.5 Å². The van der Waals surface area contributed by atoms with Gasteiger partial charge in [0, 0.05) is 30.5 Å². The normalized spacial score (nSPS) is 13.2. The Balaban J connectivity index is 1.57. The number of carbonyl (C=O) groups is 2. The van der Waals surface area contributed by atoms with Gasteiger partial charge in [-0.15, -0.1) is 11.3 Å². The van der Waals surface area contributed by atoms with Gasteiger partial charge < -0.3 is 16.0 Å². The number of thiazole rings is 1. The average Bonchev–Trinajstić information content (AvgIpc) is 3.03. The molecule has 0 radical (unpaired) electrons. The van der Waals surface area contributed by atoms with E-state index in [4.69, 9.17) is 0 Å². The van der Waals surface area contributed by atoms with E-state index in [1.54, 1.807) is 17.4 Å². The van der Waals surface area contributed by atoms with E-state index in [1.165, 1.54) is 6.20 Å². The lowest BCUT2D eigenvalue weighted by Gasteiger charge is -2.17. The third-order valence-electron chi connectivity index (χ3n) is 3.57. The summed E-state index contributed by atoms with van der Waals surface area (Å²) in [4.78, 5) is 32.3. The van der Waals surface area contributed by atoms with Crippen molar-refractivity contribution in [3.8, 4) is 0 Å². The first-order valence-electron chi connectivity index (χ1n) is 7.79. The molecule has 3 N–H and O–H groups in total. The fraction of sp³-hybridized carbons (Fsp3) is 0.375. The monoisotopic (exact) mass is 345 g/mol. The molecule has 0 aromatic carbocycles. The summed E-state index contributed by atoms with van der Waals surface area (Å²) >= 11 is 1.65. The number of nitrogens with one attached hydrogen (secondary N) is 3. The summed E-state index contributed by atoms with van der Waals surface area (Å²) in [5.41, 5.74) is 1.93. The van der Waals surface area contributed by atoms with Gasteiger partial charge in [0.2, 0.25) is 5.91 Å². The van der Waals surface area contributed by atoms with E-state index in [-0.39, 0.29) is 18.4 Å². The molecule has 0 saturated carbocycles. The molecule has 3 rings (SSSR count). The molecule has 2 aromatic rings. The van der Waals surface area contributed by atoms with Crippen LogP contribution in [0.15, 0.2) is 17.6 Å². The number of aromatic nitrogens is 2. The number of amides is 2. The highest BCUT2D eigenvalue weighted by molar-refractivity contribution is 7.09. The van der Waals surface area contributed by atoms with Crippen LogP contribution in [0.2, 0.25) is 0 Å². The molecule has 2 aromatic heterocycles. The average molecular weight is 345 g/mol. The highest BCUT2D eigenvalue weighted by Gasteiger charge is 2.17. The molecule has 0 unspecified atom stereocenters. The van der Waals surface area contributed by atoms with E-state index >= 15 is 0 Å². The van der Waals surface area contributed by atoms with Gasteiger partial charge in [0.25, 0.3) is 5.91 Å². The predicted octanol–water partition coefficient (Wildman–Crippen LogP) is 2.00. The lowest BCUT2D eigenvalue weighted by atomic mass is 10.2. The van der Waals surface area contributed by atoms with Crippen molar-refractivity contribution in [2.45, 2.75) is 26.2 Å². The van der Waals surface area contributed by atoms with Crippen LogP contribution in [-0.2, 0) is 11.2 Å². The molecule has 8 heteroatoms. The molecule has 1 aliphatic heterocycles. The van der Waals surface area contributed by atoms with Crippen molar-refractivity contribution in [2.75, 3.05) is 23.7 Å². The molecule has 24 heavy (non-hydrogen) atoms. The Morgan fingerprint density at radius 3 is 3.04 bits per heavy atom. The number of fused-ring (bicyclic) bond motifs is 1. The SMILES string of the molecule is CC(C)c1nc(CCNC(=O)c2cnc3c(c2)NC(=O)CN3)cs1. The molecule has 0 fully saturated rings. The molecule has 1 aliphatic rings. The summed E-state index contributed by atoms with van der Waals surface area (Å²) in [5, 5.41) is 11.6. The number of hydrogen-bond donors (Lipinski definition) is 3. The van der Waals surface area contributed by atoms with Crippen LogP contribution in [0.3, 0.4) is 0 Å². The number of anilines is 2. The van der Waals surface area contributed by atoms with Gasteiger partial charge in [0.15, 0.2) is 0 Å². The number of pyridine rings is 1. The van der Waals surface area contributed by atoms with Crippen LogP contribution < -0.4 is 16.0 Å². The van der Waals surface area contributed by atoms with Crippen LogP contribution in [0.25, 0.3) is 0 Å². The standard InChI is InChI=1S/C16H19N5O2S/c1-9(2)16-20-11(8-24-16)3-4-17-15(23)10-5-12-14(18-6-10)19-7-13(22)21-12/h5-6,8-9H,3-4,7H2,1-2H3,(H,17,23)(H,18,19)(H,21,22). The second-order valence-electron chi connectivity index (χ2n) is 5.86. The largest absolute Gasteiger partial charge is 0.359 e. The second-order valence-corrected chi connectivity index (χ2v) is 6.75. The third-order valence-corrected chi connectivity index (χ3v) is 4.76. The molecule has 7 nitrogen and oxygen atoms in total. The predicted molar refractivity (Wildman–Crippen MR) is 93.6 cm³/mol. The molecule has 3 heterocycles. The van der Waals surface area contributed by atoms with Crippen LogP contribution in [0.4, 0.5) is 11.5 Å². The van der Waals surface area contributed by atoms with E-state index in [2.05, 4.69) is 39.8 Å². The van der Waals surface area contributed by atoms with Crippen molar-refractivity contribution in [1.82, 2.24) is 15.3 Å². The molecule has 2 amide bonds. The van der Waals surface area contributed by atoms with Crippen molar-refractivity contribution in [3.05, 3.63) is 33.9 Å². The van der Waals surface area contributed by atoms with Crippen LogP contribution in [0.1, 0.15) is 40.8 Å². The summed E-state index contributed by atoms with van der Waals surface area (Å²) in [6.07, 6.45) is 2.18. The molecule has 0 bridgehead atoms. The third kappa shape index (κ3) is 3.70. The Bertz CT molecular complexity index is 772. The van der Waals surface area contributed by atoms with Crippen molar-refractivity contribution in [2.24, 2.45) is 0 Å². The molecule has 0 atom stereocenters. The molecule has 126 valence electrons. The van der Waals surface area contributed by atoms with Gasteiger partial charge >= 0.3 is 0 Å². The number of nitrogens with zero attached hydrogens (tertiary/aromatic N) is 2. The van der Waals surface area contributed by atoms with Gasteiger partial charge in [-0.05, 0) is 6.07 Å². The van der Waals surface area contributed by atoms with Gasteiger partial charge in [-0.3, -0.25) is 9.59 Å². The maximum atomic E-state index is 12.2. The van der Waals surface area contributed by atoms with Gasteiger partial charge in [0.1, 0.15) is 5.82 Å². The maximum Gasteiger partial charge on any atom is 0.252 e. The number of carbonyl (C=O) groups excluding carboxylic acids is 2. The second kappa shape index (κ2) is 6.96. The summed E-state index contributed by atoms with van der Waals surface area (Å²) in [6, 6.07) is 1.63. The van der Waals surface area contributed by atoms with Crippen molar-refractivity contribution < 1.29 is 9.59 Å². The Labute approximate surface area is 143 Å². The fourth-order valence-corrected chi connectivity index (χ4v) is 3.16. The molecule has 0 saturated heterocycles. The van der Waals surface area contributed by atoms with E-state index in [9.17, 15) is 9.59 Å². The molecular weight excluding hydrogens is 326 g/mol. The Kier molecular flexibility index (Phi) is 4.75. The zero-order chi connectivity index (χ0) is 17.1. The van der Waals surface area contributed by atoms with Crippen molar-refractivity contribution >= 4 is 34.7 Å². The van der Waals surface area contributed by atoms with Crippen molar-refractivity contribution in [3.63, 3.8) is 0 Å². The van der Waals surface area contributed by atoms with Crippen LogP contribution in [0, 0.1) is 0 Å². The first-order chi connectivity index (χ1) is 11.5. The lowest BCUT2D eigenvalue weighted by molar-refractivity contribution is -0.114. The first kappa shape index (κ1) is 16.4. The van der Waals surface area contributed by atoms with E-state index in [0.717, 1.165) is 10.7 Å². The van der Waals surface area contributed by atoms with Gasteiger partial charge in [-0.1, -0.05) is 13.8 Å². The summed E-state index contributed by atoms with van der Waals surface area (Å²) in [6.45, 7) is 4.92. The minimum Gasteiger partial charge on any atom is -0.359 e. The smallest absolute Gasteiger partial charge is 0.252 e. The van der Waals surface area contributed by atoms with Crippen LogP contribution >= 0.6 is 11.3 Å². The minimum atomic E-state index is -0.218. The Hall–Kier alpha value is -2.48. The van der Waals surface area contributed by atoms with Crippen LogP contribution in [-0.4, -0.2) is 34.9 Å². The number of rotatable bonds is 5. The first-order valence-corrected chi connectivity index (χ1v) is 8.67. The van der Waals surface area contributed by atoms with Crippen molar-refractivity contribution in [1.29, 1.82) is 0 Å². The topological polar surface area (TPSA) is 96.0 Å². The summed E-state index contributed by atoms with van der Waals surface area (Å²) < 4.78 is 0. The maximum absolute atomic E-state index is 12.2. The highest BCUT2D eigenvalue weighted by atomic mass is 32.1. The van der Waals surface area contributed by atoms with E-state index in [1.807, 2.05) is 5.38 Å². The molecule has 0 spiro atoms. The zero-order valence-electron chi connectivity index (χ0n) is 13.5.